The van der Waals surface area contributed by atoms with E-state index in [-0.39, 0.29) is 23.8 Å². The third-order valence-corrected chi connectivity index (χ3v) is 5.69. The SMILES string of the molecule is O=C(O)c1ccc(N2C(=O)C[C@H](N3CCN(c4ccc(Cl)cc4)CC3)C2=O)cc1. The zero-order chi connectivity index (χ0) is 20.5. The molecule has 2 aliphatic heterocycles. The summed E-state index contributed by atoms with van der Waals surface area (Å²) in [7, 11) is 0. The molecule has 2 aromatic rings. The number of piperazine rings is 1. The summed E-state index contributed by atoms with van der Waals surface area (Å²) >= 11 is 5.95. The number of rotatable bonds is 4. The molecule has 2 heterocycles. The number of anilines is 2. The Hall–Kier alpha value is -2.90. The number of carboxylic acids is 1. The van der Waals surface area contributed by atoms with Crippen LogP contribution in [0.5, 0.6) is 0 Å². The topological polar surface area (TPSA) is 81.2 Å². The van der Waals surface area contributed by atoms with Crippen LogP contribution in [0.1, 0.15) is 16.8 Å². The predicted octanol–water partition coefficient (Wildman–Crippen LogP) is 2.49. The maximum Gasteiger partial charge on any atom is 0.335 e. The van der Waals surface area contributed by atoms with Gasteiger partial charge in [0.05, 0.1) is 23.7 Å². The Morgan fingerprint density at radius 2 is 1.48 bits per heavy atom. The lowest BCUT2D eigenvalue weighted by Gasteiger charge is -2.38. The third kappa shape index (κ3) is 3.83. The molecule has 2 aromatic carbocycles. The van der Waals surface area contributed by atoms with Crippen LogP contribution in [0.25, 0.3) is 0 Å². The number of benzene rings is 2. The molecule has 1 atom stereocenters. The Morgan fingerprint density at radius 3 is 2.07 bits per heavy atom. The largest absolute Gasteiger partial charge is 0.478 e. The number of carbonyl (C=O) groups excluding carboxylic acids is 2. The van der Waals surface area contributed by atoms with Gasteiger partial charge in [-0.15, -0.1) is 0 Å². The summed E-state index contributed by atoms with van der Waals surface area (Å²) in [6, 6.07) is 13.0. The van der Waals surface area contributed by atoms with Crippen LogP contribution in [0, 0.1) is 0 Å². The van der Waals surface area contributed by atoms with E-state index in [9.17, 15) is 14.4 Å². The normalized spacial score (nSPS) is 20.4. The first-order valence-electron chi connectivity index (χ1n) is 9.39. The van der Waals surface area contributed by atoms with Crippen molar-refractivity contribution in [2.75, 3.05) is 36.0 Å². The molecule has 1 N–H and O–H groups in total. The molecule has 0 aliphatic carbocycles. The van der Waals surface area contributed by atoms with Crippen LogP contribution in [0.4, 0.5) is 11.4 Å². The molecule has 8 heteroatoms. The van der Waals surface area contributed by atoms with Gasteiger partial charge < -0.3 is 10.0 Å². The number of imide groups is 1. The van der Waals surface area contributed by atoms with E-state index in [2.05, 4.69) is 9.80 Å². The Bertz CT molecular complexity index is 937. The van der Waals surface area contributed by atoms with Gasteiger partial charge in [-0.3, -0.25) is 14.5 Å². The van der Waals surface area contributed by atoms with Crippen LogP contribution < -0.4 is 9.80 Å². The molecule has 2 amide bonds. The second-order valence-electron chi connectivity index (χ2n) is 7.14. The molecule has 29 heavy (non-hydrogen) atoms. The van der Waals surface area contributed by atoms with Gasteiger partial charge in [0.1, 0.15) is 0 Å². The lowest BCUT2D eigenvalue weighted by molar-refractivity contribution is -0.123. The lowest BCUT2D eigenvalue weighted by atomic mass is 10.1. The molecule has 150 valence electrons. The molecule has 0 aromatic heterocycles. The molecular weight excluding hydrogens is 394 g/mol. The fourth-order valence-corrected chi connectivity index (χ4v) is 4.00. The van der Waals surface area contributed by atoms with E-state index in [0.29, 0.717) is 23.8 Å². The second-order valence-corrected chi connectivity index (χ2v) is 7.58. The molecule has 4 rings (SSSR count). The van der Waals surface area contributed by atoms with Gasteiger partial charge in [-0.1, -0.05) is 11.6 Å². The summed E-state index contributed by atoms with van der Waals surface area (Å²) in [5, 5.41) is 9.70. The lowest BCUT2D eigenvalue weighted by Crippen LogP contribution is -2.52. The molecule has 2 fully saturated rings. The van der Waals surface area contributed by atoms with Crippen LogP contribution in [-0.4, -0.2) is 60.0 Å². The quantitative estimate of drug-likeness (QED) is 0.775. The first-order valence-corrected chi connectivity index (χ1v) is 9.76. The number of hydrogen-bond acceptors (Lipinski definition) is 5. The summed E-state index contributed by atoms with van der Waals surface area (Å²) in [5.74, 6) is -1.56. The Labute approximate surface area is 173 Å². The van der Waals surface area contributed by atoms with Crippen LogP contribution in [0.15, 0.2) is 48.5 Å². The molecule has 0 bridgehead atoms. The van der Waals surface area contributed by atoms with Crippen molar-refractivity contribution < 1.29 is 19.5 Å². The number of carboxylic acid groups (broad SMARTS) is 1. The number of hydrogen-bond donors (Lipinski definition) is 1. The highest BCUT2D eigenvalue weighted by Crippen LogP contribution is 2.27. The second kappa shape index (κ2) is 7.85. The van der Waals surface area contributed by atoms with Crippen LogP contribution in [-0.2, 0) is 9.59 Å². The highest BCUT2D eigenvalue weighted by atomic mass is 35.5. The van der Waals surface area contributed by atoms with Crippen molar-refractivity contribution in [3.63, 3.8) is 0 Å². The van der Waals surface area contributed by atoms with Crippen LogP contribution in [0.3, 0.4) is 0 Å². The van der Waals surface area contributed by atoms with Crippen molar-refractivity contribution >= 4 is 40.8 Å². The fourth-order valence-electron chi connectivity index (χ4n) is 3.87. The van der Waals surface area contributed by atoms with E-state index in [4.69, 9.17) is 16.7 Å². The monoisotopic (exact) mass is 413 g/mol. The minimum absolute atomic E-state index is 0.114. The van der Waals surface area contributed by atoms with Gasteiger partial charge in [0.15, 0.2) is 0 Å². The van der Waals surface area contributed by atoms with Gasteiger partial charge >= 0.3 is 5.97 Å². The van der Waals surface area contributed by atoms with Crippen molar-refractivity contribution in [2.45, 2.75) is 12.5 Å². The molecule has 0 unspecified atom stereocenters. The third-order valence-electron chi connectivity index (χ3n) is 5.44. The van der Waals surface area contributed by atoms with E-state index in [1.165, 1.54) is 29.2 Å². The molecule has 2 saturated heterocycles. The molecular formula is C21H20ClN3O4. The summed E-state index contributed by atoms with van der Waals surface area (Å²) in [6.45, 7) is 2.87. The number of aromatic carboxylic acids is 1. The van der Waals surface area contributed by atoms with Crippen molar-refractivity contribution in [1.29, 1.82) is 0 Å². The standard InChI is InChI=1S/C21H20ClN3O4/c22-15-3-7-16(8-4-15)23-9-11-24(12-10-23)18-13-19(26)25(20(18)27)17-5-1-14(2-6-17)21(28)29/h1-8,18H,9-13H2,(H,28,29)/t18-/m0/s1. The molecule has 7 nitrogen and oxygen atoms in total. The van der Waals surface area contributed by atoms with Gasteiger partial charge in [-0.2, -0.15) is 0 Å². The smallest absolute Gasteiger partial charge is 0.335 e. The fraction of sp³-hybridized carbons (Fsp3) is 0.286. The number of nitrogens with zero attached hydrogens (tertiary/aromatic N) is 3. The molecule has 2 aliphatic rings. The Morgan fingerprint density at radius 1 is 0.897 bits per heavy atom. The highest BCUT2D eigenvalue weighted by Gasteiger charge is 2.43. The first-order chi connectivity index (χ1) is 13.9. The van der Waals surface area contributed by atoms with Gasteiger partial charge in [0.25, 0.3) is 5.91 Å². The highest BCUT2D eigenvalue weighted by molar-refractivity contribution is 6.30. The average molecular weight is 414 g/mol. The summed E-state index contributed by atoms with van der Waals surface area (Å²) in [5.41, 5.74) is 1.61. The average Bonchev–Trinajstić information content (AvgIpc) is 3.03. The minimum Gasteiger partial charge on any atom is -0.478 e. The van der Waals surface area contributed by atoms with E-state index in [1.807, 2.05) is 24.3 Å². The Balaban J connectivity index is 1.42. The van der Waals surface area contributed by atoms with Gasteiger partial charge in [0.2, 0.25) is 5.91 Å². The van der Waals surface area contributed by atoms with E-state index in [0.717, 1.165) is 18.8 Å². The summed E-state index contributed by atoms with van der Waals surface area (Å²) < 4.78 is 0. The Kier molecular flexibility index (Phi) is 5.25. The zero-order valence-electron chi connectivity index (χ0n) is 15.6. The van der Waals surface area contributed by atoms with Crippen molar-refractivity contribution in [1.82, 2.24) is 4.90 Å². The predicted molar refractivity (Wildman–Crippen MR) is 110 cm³/mol. The van der Waals surface area contributed by atoms with E-state index in [1.54, 1.807) is 0 Å². The summed E-state index contributed by atoms with van der Waals surface area (Å²) in [6.07, 6.45) is 0.139. The minimum atomic E-state index is -1.05. The van der Waals surface area contributed by atoms with Gasteiger partial charge in [0, 0.05) is 36.9 Å². The molecule has 0 radical (unpaired) electrons. The number of halogens is 1. The van der Waals surface area contributed by atoms with E-state index >= 15 is 0 Å². The van der Waals surface area contributed by atoms with Crippen molar-refractivity contribution in [2.24, 2.45) is 0 Å². The molecule has 0 spiro atoms. The van der Waals surface area contributed by atoms with Crippen LogP contribution >= 0.6 is 11.6 Å². The maximum atomic E-state index is 12.9. The van der Waals surface area contributed by atoms with Crippen molar-refractivity contribution in [3.8, 4) is 0 Å². The van der Waals surface area contributed by atoms with Gasteiger partial charge in [-0.25, -0.2) is 9.69 Å². The molecule has 0 saturated carbocycles. The van der Waals surface area contributed by atoms with Crippen molar-refractivity contribution in [3.05, 3.63) is 59.1 Å². The zero-order valence-corrected chi connectivity index (χ0v) is 16.4. The number of amides is 2. The van der Waals surface area contributed by atoms with E-state index < -0.39 is 12.0 Å². The number of carbonyl (C=O) groups is 3. The van der Waals surface area contributed by atoms with Crippen LogP contribution in [0.2, 0.25) is 5.02 Å². The summed E-state index contributed by atoms with van der Waals surface area (Å²) in [4.78, 5) is 41.9. The van der Waals surface area contributed by atoms with Gasteiger partial charge in [-0.05, 0) is 48.5 Å². The maximum absolute atomic E-state index is 12.9. The first kappa shape index (κ1) is 19.4.